The lowest BCUT2D eigenvalue weighted by Crippen LogP contribution is -2.18. The van der Waals surface area contributed by atoms with E-state index < -0.39 is 5.97 Å². The summed E-state index contributed by atoms with van der Waals surface area (Å²) in [6, 6.07) is 3.77. The second-order valence-electron chi connectivity index (χ2n) is 5.27. The van der Waals surface area contributed by atoms with Crippen LogP contribution in [0.15, 0.2) is 18.5 Å². The number of nitrogens with one attached hydrogen (secondary N) is 1. The van der Waals surface area contributed by atoms with Crippen LogP contribution in [-0.2, 0) is 4.79 Å². The Kier molecular flexibility index (Phi) is 5.31. The summed E-state index contributed by atoms with van der Waals surface area (Å²) < 4.78 is 0. The van der Waals surface area contributed by atoms with Gasteiger partial charge in [0.1, 0.15) is 6.07 Å². The third-order valence-corrected chi connectivity index (χ3v) is 3.07. The largest absolute Gasteiger partial charge is 0.481 e. The average molecular weight is 261 g/mol. The number of carbonyl (C=O) groups is 1. The number of hydrogen-bond acceptors (Lipinski definition) is 4. The maximum absolute atomic E-state index is 10.6. The number of carboxylic acid groups (broad SMARTS) is 1. The maximum atomic E-state index is 10.6. The van der Waals surface area contributed by atoms with E-state index in [-0.39, 0.29) is 11.8 Å². The first-order valence-corrected chi connectivity index (χ1v) is 6.24. The number of carboxylic acids is 1. The summed E-state index contributed by atoms with van der Waals surface area (Å²) >= 11 is 0. The van der Waals surface area contributed by atoms with Crippen molar-refractivity contribution in [3.8, 4) is 6.07 Å². The number of nitriles is 1. The van der Waals surface area contributed by atoms with Crippen molar-refractivity contribution in [3.63, 3.8) is 0 Å². The zero-order chi connectivity index (χ0) is 14.3. The van der Waals surface area contributed by atoms with E-state index in [1.165, 1.54) is 0 Å². The minimum atomic E-state index is -0.764. The number of nitrogens with zero attached hydrogens (tertiary/aromatic N) is 2. The van der Waals surface area contributed by atoms with Crippen LogP contribution in [0.5, 0.6) is 0 Å². The Morgan fingerprint density at radius 3 is 2.89 bits per heavy atom. The number of pyridine rings is 1. The smallest absolute Gasteiger partial charge is 0.303 e. The van der Waals surface area contributed by atoms with Gasteiger partial charge in [0.2, 0.25) is 0 Å². The van der Waals surface area contributed by atoms with Crippen LogP contribution in [0.2, 0.25) is 0 Å². The van der Waals surface area contributed by atoms with Gasteiger partial charge in [0.25, 0.3) is 0 Å². The van der Waals surface area contributed by atoms with Crippen LogP contribution >= 0.6 is 0 Å². The summed E-state index contributed by atoms with van der Waals surface area (Å²) in [5, 5.41) is 20.8. The molecule has 0 atom stereocenters. The molecule has 0 saturated carbocycles. The normalized spacial score (nSPS) is 10.8. The third-order valence-electron chi connectivity index (χ3n) is 3.07. The van der Waals surface area contributed by atoms with E-state index in [2.05, 4.69) is 16.4 Å². The molecule has 0 aliphatic carbocycles. The molecule has 2 N–H and O–H groups in total. The molecule has 1 aromatic rings. The molecule has 102 valence electrons. The highest BCUT2D eigenvalue weighted by Crippen LogP contribution is 2.26. The van der Waals surface area contributed by atoms with Crippen molar-refractivity contribution in [1.82, 2.24) is 4.98 Å². The summed E-state index contributed by atoms with van der Waals surface area (Å²) in [7, 11) is 0. The van der Waals surface area contributed by atoms with E-state index >= 15 is 0 Å². The highest BCUT2D eigenvalue weighted by Gasteiger charge is 2.18. The quantitative estimate of drug-likeness (QED) is 0.788. The number of rotatable bonds is 7. The molecule has 0 aliphatic rings. The summed E-state index contributed by atoms with van der Waals surface area (Å²) in [6.45, 7) is 4.78. The van der Waals surface area contributed by atoms with E-state index in [4.69, 9.17) is 10.4 Å². The molecule has 0 amide bonds. The van der Waals surface area contributed by atoms with Gasteiger partial charge in [-0.1, -0.05) is 13.8 Å². The fourth-order valence-corrected chi connectivity index (χ4v) is 1.74. The summed E-state index contributed by atoms with van der Waals surface area (Å²) in [6.07, 6.45) is 4.87. The second-order valence-corrected chi connectivity index (χ2v) is 5.27. The Hall–Kier alpha value is -2.09. The molecule has 0 spiro atoms. The Bertz CT molecular complexity index is 478. The first-order chi connectivity index (χ1) is 8.94. The van der Waals surface area contributed by atoms with Gasteiger partial charge in [-0.15, -0.1) is 0 Å². The molecule has 0 bridgehead atoms. The van der Waals surface area contributed by atoms with Crippen LogP contribution in [0.1, 0.15) is 38.7 Å². The Morgan fingerprint density at radius 1 is 1.53 bits per heavy atom. The van der Waals surface area contributed by atoms with Gasteiger partial charge in [0, 0.05) is 19.2 Å². The van der Waals surface area contributed by atoms with Crippen molar-refractivity contribution in [2.24, 2.45) is 5.41 Å². The molecule has 0 aliphatic heterocycles. The topological polar surface area (TPSA) is 86.0 Å². The summed E-state index contributed by atoms with van der Waals surface area (Å²) in [5.41, 5.74) is 1.25. The molecule has 0 saturated heterocycles. The Labute approximate surface area is 113 Å². The van der Waals surface area contributed by atoms with E-state index in [0.29, 0.717) is 18.5 Å². The lowest BCUT2D eigenvalue weighted by atomic mass is 9.84. The maximum Gasteiger partial charge on any atom is 0.303 e. The fraction of sp³-hybridized carbons (Fsp3) is 0.500. The average Bonchev–Trinajstić information content (AvgIpc) is 2.37. The lowest BCUT2D eigenvalue weighted by molar-refractivity contribution is -0.137. The van der Waals surface area contributed by atoms with Gasteiger partial charge in [0.05, 0.1) is 17.4 Å². The van der Waals surface area contributed by atoms with Gasteiger partial charge in [-0.2, -0.15) is 5.26 Å². The molecular formula is C14H19N3O2. The molecule has 1 aromatic heterocycles. The van der Waals surface area contributed by atoms with E-state index in [1.54, 1.807) is 18.5 Å². The van der Waals surface area contributed by atoms with Crippen molar-refractivity contribution in [2.75, 3.05) is 11.9 Å². The van der Waals surface area contributed by atoms with Gasteiger partial charge >= 0.3 is 5.97 Å². The number of aromatic nitrogens is 1. The zero-order valence-electron chi connectivity index (χ0n) is 11.3. The van der Waals surface area contributed by atoms with Crippen molar-refractivity contribution in [3.05, 3.63) is 24.0 Å². The van der Waals surface area contributed by atoms with Crippen LogP contribution in [0.3, 0.4) is 0 Å². The van der Waals surface area contributed by atoms with Crippen LogP contribution in [0, 0.1) is 16.7 Å². The molecule has 0 fully saturated rings. The Balaban J connectivity index is 2.45. The molecule has 5 nitrogen and oxygen atoms in total. The monoisotopic (exact) mass is 261 g/mol. The molecule has 1 rings (SSSR count). The standard InChI is InChI=1S/C14H19N3O2/c1-14(2,5-3-13(18)19)6-8-17-12-10-16-7-4-11(12)9-15/h4,7,10,17H,3,5-6,8H2,1-2H3,(H,18,19). The first kappa shape index (κ1) is 15.0. The Morgan fingerprint density at radius 2 is 2.26 bits per heavy atom. The van der Waals surface area contributed by atoms with Gasteiger partial charge in [-0.25, -0.2) is 0 Å². The van der Waals surface area contributed by atoms with Crippen molar-refractivity contribution >= 4 is 11.7 Å². The van der Waals surface area contributed by atoms with Crippen LogP contribution < -0.4 is 5.32 Å². The molecule has 0 aromatic carbocycles. The zero-order valence-corrected chi connectivity index (χ0v) is 11.3. The minimum Gasteiger partial charge on any atom is -0.481 e. The van der Waals surface area contributed by atoms with Gasteiger partial charge in [-0.3, -0.25) is 9.78 Å². The lowest BCUT2D eigenvalue weighted by Gasteiger charge is -2.24. The van der Waals surface area contributed by atoms with Crippen LogP contribution in [0.25, 0.3) is 0 Å². The third kappa shape index (κ3) is 5.38. The van der Waals surface area contributed by atoms with Crippen molar-refractivity contribution in [1.29, 1.82) is 5.26 Å². The second kappa shape index (κ2) is 6.74. The molecule has 5 heteroatoms. The highest BCUT2D eigenvalue weighted by molar-refractivity contribution is 5.66. The molecule has 0 radical (unpaired) electrons. The van der Waals surface area contributed by atoms with E-state index in [9.17, 15) is 4.79 Å². The number of aliphatic carboxylic acids is 1. The van der Waals surface area contributed by atoms with Gasteiger partial charge in [-0.05, 0) is 24.3 Å². The van der Waals surface area contributed by atoms with Crippen molar-refractivity contribution in [2.45, 2.75) is 33.1 Å². The summed E-state index contributed by atoms with van der Waals surface area (Å²) in [5.74, 6) is -0.764. The first-order valence-electron chi connectivity index (χ1n) is 6.24. The fourth-order valence-electron chi connectivity index (χ4n) is 1.74. The number of hydrogen-bond donors (Lipinski definition) is 2. The molecule has 1 heterocycles. The molecular weight excluding hydrogens is 242 g/mol. The molecule has 0 unspecified atom stereocenters. The highest BCUT2D eigenvalue weighted by atomic mass is 16.4. The van der Waals surface area contributed by atoms with Gasteiger partial charge < -0.3 is 10.4 Å². The van der Waals surface area contributed by atoms with Gasteiger partial charge in [0.15, 0.2) is 0 Å². The van der Waals surface area contributed by atoms with E-state index in [1.807, 2.05) is 13.8 Å². The molecule has 19 heavy (non-hydrogen) atoms. The van der Waals surface area contributed by atoms with Crippen LogP contribution in [-0.4, -0.2) is 22.6 Å². The SMILES string of the molecule is CC(C)(CCNc1cnccc1C#N)CCC(=O)O. The van der Waals surface area contributed by atoms with E-state index in [0.717, 1.165) is 12.1 Å². The predicted molar refractivity (Wildman–Crippen MR) is 72.7 cm³/mol. The van der Waals surface area contributed by atoms with Crippen LogP contribution in [0.4, 0.5) is 5.69 Å². The predicted octanol–water partition coefficient (Wildman–Crippen LogP) is 2.65. The van der Waals surface area contributed by atoms with Crippen molar-refractivity contribution < 1.29 is 9.90 Å². The number of anilines is 1. The minimum absolute atomic E-state index is 0.0413. The summed E-state index contributed by atoms with van der Waals surface area (Å²) in [4.78, 5) is 14.5.